The Morgan fingerprint density at radius 1 is 1.18 bits per heavy atom. The van der Waals surface area contributed by atoms with Gasteiger partial charge in [0.25, 0.3) is 5.91 Å². The molecule has 0 radical (unpaired) electrons. The number of anilines is 4. The van der Waals surface area contributed by atoms with Crippen LogP contribution in [0.25, 0.3) is 0 Å². The van der Waals surface area contributed by atoms with E-state index >= 15 is 0 Å². The fourth-order valence-corrected chi connectivity index (χ4v) is 3.90. The van der Waals surface area contributed by atoms with E-state index in [0.717, 1.165) is 18.4 Å². The Labute approximate surface area is 192 Å². The number of carbonyl (C=O) groups excluding carboxylic acids is 2. The maximum Gasteiger partial charge on any atom is 0.255 e. The summed E-state index contributed by atoms with van der Waals surface area (Å²) in [6.07, 6.45) is 6.83. The van der Waals surface area contributed by atoms with Gasteiger partial charge in [0.2, 0.25) is 11.9 Å². The molecular formula is C24H26N6O3. The third-order valence-electron chi connectivity index (χ3n) is 5.63. The second-order valence-electron chi connectivity index (χ2n) is 7.68. The molecule has 9 heteroatoms. The molecular weight excluding hydrogens is 420 g/mol. The van der Waals surface area contributed by atoms with Crippen molar-refractivity contribution in [3.8, 4) is 5.75 Å². The fourth-order valence-electron chi connectivity index (χ4n) is 3.90. The van der Waals surface area contributed by atoms with E-state index in [1.165, 1.54) is 0 Å². The highest BCUT2D eigenvalue weighted by Gasteiger charge is 2.33. The molecule has 4 rings (SSSR count). The Morgan fingerprint density at radius 2 is 1.94 bits per heavy atom. The summed E-state index contributed by atoms with van der Waals surface area (Å²) in [5, 5.41) is 6.03. The minimum atomic E-state index is -0.248. The molecule has 3 aromatic rings. The number of hydrogen-bond acceptors (Lipinski definition) is 7. The van der Waals surface area contributed by atoms with E-state index in [1.54, 1.807) is 60.9 Å². The highest BCUT2D eigenvalue weighted by Crippen LogP contribution is 2.33. The summed E-state index contributed by atoms with van der Waals surface area (Å²) in [4.78, 5) is 39.8. The van der Waals surface area contributed by atoms with E-state index in [-0.39, 0.29) is 17.9 Å². The van der Waals surface area contributed by atoms with E-state index in [2.05, 4.69) is 39.4 Å². The molecule has 0 saturated heterocycles. The zero-order valence-electron chi connectivity index (χ0n) is 18.8. The first-order valence-electron chi connectivity index (χ1n) is 10.9. The summed E-state index contributed by atoms with van der Waals surface area (Å²) in [5.41, 5.74) is 2.49. The summed E-state index contributed by atoms with van der Waals surface area (Å²) in [6.45, 7) is 4.13. The highest BCUT2D eigenvalue weighted by atomic mass is 16.5. The molecule has 33 heavy (non-hydrogen) atoms. The van der Waals surface area contributed by atoms with Crippen molar-refractivity contribution in [1.82, 2.24) is 15.0 Å². The van der Waals surface area contributed by atoms with Crippen LogP contribution in [0, 0.1) is 0 Å². The number of carbonyl (C=O) groups is 2. The summed E-state index contributed by atoms with van der Waals surface area (Å²) in [7, 11) is 1.56. The molecule has 0 unspecified atom stereocenters. The van der Waals surface area contributed by atoms with Gasteiger partial charge in [0.05, 0.1) is 19.2 Å². The van der Waals surface area contributed by atoms with E-state index in [0.29, 0.717) is 40.9 Å². The van der Waals surface area contributed by atoms with Gasteiger partial charge in [-0.1, -0.05) is 13.8 Å². The van der Waals surface area contributed by atoms with Gasteiger partial charge in [-0.05, 0) is 43.2 Å². The normalized spacial score (nSPS) is 12.6. The molecule has 1 aromatic carbocycles. The molecule has 2 aromatic heterocycles. The molecule has 1 aliphatic rings. The molecule has 0 saturated carbocycles. The Kier molecular flexibility index (Phi) is 6.48. The standard InChI is InChI=1S/C24H26N6O3/c1-4-18(5-2)30-21(31)12-16-14-26-24(29-22(16)30)28-19-13-17(6-7-20(19)33-3)27-23(32)15-8-10-25-11-9-15/h6-11,13-14,18H,4-5,12H2,1-3H3,(H,27,32)(H,26,28,29). The second kappa shape index (κ2) is 9.64. The summed E-state index contributed by atoms with van der Waals surface area (Å²) in [5.74, 6) is 1.35. The number of nitrogens with one attached hydrogen (secondary N) is 2. The van der Waals surface area contributed by atoms with Crippen LogP contribution in [0.4, 0.5) is 23.1 Å². The Morgan fingerprint density at radius 3 is 2.64 bits per heavy atom. The molecule has 0 bridgehead atoms. The van der Waals surface area contributed by atoms with Crippen molar-refractivity contribution in [2.24, 2.45) is 0 Å². The van der Waals surface area contributed by atoms with Crippen LogP contribution in [-0.4, -0.2) is 39.9 Å². The third kappa shape index (κ3) is 4.62. The Hall–Kier alpha value is -4.01. The van der Waals surface area contributed by atoms with Crippen LogP contribution >= 0.6 is 0 Å². The molecule has 0 aliphatic carbocycles. The quantitative estimate of drug-likeness (QED) is 0.539. The number of amides is 2. The van der Waals surface area contributed by atoms with Crippen molar-refractivity contribution in [2.45, 2.75) is 39.2 Å². The molecule has 0 spiro atoms. The lowest BCUT2D eigenvalue weighted by Gasteiger charge is -2.25. The molecule has 9 nitrogen and oxygen atoms in total. The second-order valence-corrected chi connectivity index (χ2v) is 7.68. The van der Waals surface area contributed by atoms with Gasteiger partial charge < -0.3 is 15.4 Å². The van der Waals surface area contributed by atoms with Crippen LogP contribution in [-0.2, 0) is 11.2 Å². The van der Waals surface area contributed by atoms with Gasteiger partial charge >= 0.3 is 0 Å². The van der Waals surface area contributed by atoms with E-state index in [1.807, 2.05) is 0 Å². The average molecular weight is 447 g/mol. The number of aromatic nitrogens is 3. The summed E-state index contributed by atoms with van der Waals surface area (Å²) in [6, 6.07) is 8.63. The van der Waals surface area contributed by atoms with Crippen LogP contribution < -0.4 is 20.3 Å². The predicted molar refractivity (Wildman–Crippen MR) is 126 cm³/mol. The van der Waals surface area contributed by atoms with Crippen molar-refractivity contribution in [3.63, 3.8) is 0 Å². The molecule has 0 atom stereocenters. The van der Waals surface area contributed by atoms with E-state index in [4.69, 9.17) is 4.74 Å². The SMILES string of the molecule is CCC(CC)N1C(=O)Cc2cnc(Nc3cc(NC(=O)c4ccncc4)ccc3OC)nc21. The topological polar surface area (TPSA) is 109 Å². The largest absolute Gasteiger partial charge is 0.495 e. The minimum absolute atomic E-state index is 0.0450. The van der Waals surface area contributed by atoms with Crippen molar-refractivity contribution < 1.29 is 14.3 Å². The zero-order valence-corrected chi connectivity index (χ0v) is 18.8. The first kappa shape index (κ1) is 22.2. The van der Waals surface area contributed by atoms with Crippen LogP contribution in [0.15, 0.2) is 48.9 Å². The third-order valence-corrected chi connectivity index (χ3v) is 5.63. The average Bonchev–Trinajstić information content (AvgIpc) is 3.16. The number of fused-ring (bicyclic) bond motifs is 1. The Bertz CT molecular complexity index is 1160. The number of methoxy groups -OCH3 is 1. The Balaban J connectivity index is 1.59. The summed E-state index contributed by atoms with van der Waals surface area (Å²) >= 11 is 0. The number of hydrogen-bond donors (Lipinski definition) is 2. The lowest BCUT2D eigenvalue weighted by Crippen LogP contribution is -2.37. The molecule has 2 amide bonds. The van der Waals surface area contributed by atoms with Gasteiger partial charge in [-0.2, -0.15) is 4.98 Å². The van der Waals surface area contributed by atoms with Crippen molar-refractivity contribution in [1.29, 1.82) is 0 Å². The number of ether oxygens (including phenoxy) is 1. The van der Waals surface area contributed by atoms with Crippen molar-refractivity contribution >= 4 is 35.0 Å². The zero-order chi connectivity index (χ0) is 23.4. The summed E-state index contributed by atoms with van der Waals surface area (Å²) < 4.78 is 5.46. The first-order chi connectivity index (χ1) is 16.0. The lowest BCUT2D eigenvalue weighted by atomic mass is 10.1. The maximum atomic E-state index is 12.6. The van der Waals surface area contributed by atoms with Gasteiger partial charge in [0.15, 0.2) is 0 Å². The smallest absolute Gasteiger partial charge is 0.255 e. The van der Waals surface area contributed by atoms with Gasteiger partial charge in [-0.15, -0.1) is 0 Å². The van der Waals surface area contributed by atoms with Gasteiger partial charge in [0.1, 0.15) is 11.6 Å². The van der Waals surface area contributed by atoms with E-state index in [9.17, 15) is 9.59 Å². The van der Waals surface area contributed by atoms with E-state index < -0.39 is 0 Å². The fraction of sp³-hybridized carbons (Fsp3) is 0.292. The van der Waals surface area contributed by atoms with Gasteiger partial charge in [0, 0.05) is 41.4 Å². The number of pyridine rings is 1. The molecule has 3 heterocycles. The minimum Gasteiger partial charge on any atom is -0.495 e. The maximum absolute atomic E-state index is 12.6. The number of rotatable bonds is 8. The van der Waals surface area contributed by atoms with Crippen LogP contribution in [0.3, 0.4) is 0 Å². The van der Waals surface area contributed by atoms with Gasteiger partial charge in [-0.25, -0.2) is 4.98 Å². The highest BCUT2D eigenvalue weighted by molar-refractivity contribution is 6.04. The number of nitrogens with zero attached hydrogens (tertiary/aromatic N) is 4. The molecule has 1 aliphatic heterocycles. The van der Waals surface area contributed by atoms with Gasteiger partial charge in [-0.3, -0.25) is 19.5 Å². The van der Waals surface area contributed by atoms with Crippen molar-refractivity contribution in [2.75, 3.05) is 22.6 Å². The van der Waals surface area contributed by atoms with Crippen LogP contribution in [0.1, 0.15) is 42.6 Å². The first-order valence-corrected chi connectivity index (χ1v) is 10.9. The molecule has 2 N–H and O–H groups in total. The lowest BCUT2D eigenvalue weighted by molar-refractivity contribution is -0.117. The van der Waals surface area contributed by atoms with Crippen molar-refractivity contribution in [3.05, 3.63) is 60.0 Å². The van der Waals surface area contributed by atoms with Crippen LogP contribution in [0.2, 0.25) is 0 Å². The van der Waals surface area contributed by atoms with Crippen LogP contribution in [0.5, 0.6) is 5.75 Å². The monoisotopic (exact) mass is 446 g/mol. The molecule has 170 valence electrons. The predicted octanol–water partition coefficient (Wildman–Crippen LogP) is 3.95. The number of benzene rings is 1. The molecule has 0 fully saturated rings.